The second-order valence-electron chi connectivity index (χ2n) is 6.03. The number of benzene rings is 1. The molecular formula is C18H31IN4. The highest BCUT2D eigenvalue weighted by Crippen LogP contribution is 2.11. The Morgan fingerprint density at radius 2 is 1.78 bits per heavy atom. The van der Waals surface area contributed by atoms with Crippen LogP contribution in [-0.2, 0) is 0 Å². The number of nitrogens with zero attached hydrogens (tertiary/aromatic N) is 2. The van der Waals surface area contributed by atoms with Gasteiger partial charge in [0.25, 0.3) is 0 Å². The van der Waals surface area contributed by atoms with E-state index in [0.717, 1.165) is 19.0 Å². The summed E-state index contributed by atoms with van der Waals surface area (Å²) < 4.78 is 0. The molecule has 1 aromatic rings. The molecule has 4 nitrogen and oxygen atoms in total. The van der Waals surface area contributed by atoms with E-state index in [9.17, 15) is 0 Å². The van der Waals surface area contributed by atoms with Crippen LogP contribution in [-0.4, -0.2) is 44.1 Å². The molecule has 0 bridgehead atoms. The summed E-state index contributed by atoms with van der Waals surface area (Å²) in [6.07, 6.45) is 5.47. The van der Waals surface area contributed by atoms with Gasteiger partial charge in [0, 0.05) is 20.1 Å². The van der Waals surface area contributed by atoms with E-state index < -0.39 is 0 Å². The molecule has 1 atom stereocenters. The van der Waals surface area contributed by atoms with Gasteiger partial charge >= 0.3 is 0 Å². The Bertz CT molecular complexity index is 442. The summed E-state index contributed by atoms with van der Waals surface area (Å²) in [5, 5.41) is 6.89. The lowest BCUT2D eigenvalue weighted by Gasteiger charge is -2.22. The van der Waals surface area contributed by atoms with Gasteiger partial charge in [-0.05, 0) is 38.4 Å². The smallest absolute Gasteiger partial charge is 0.191 e. The number of likely N-dealkylation sites (tertiary alicyclic amines) is 1. The van der Waals surface area contributed by atoms with Gasteiger partial charge in [-0.3, -0.25) is 4.99 Å². The molecule has 1 aliphatic rings. The molecule has 23 heavy (non-hydrogen) atoms. The quantitative estimate of drug-likeness (QED) is 0.427. The van der Waals surface area contributed by atoms with Crippen LogP contribution in [0.3, 0.4) is 0 Å². The normalized spacial score (nSPS) is 17.7. The van der Waals surface area contributed by atoms with E-state index >= 15 is 0 Å². The van der Waals surface area contributed by atoms with Crippen molar-refractivity contribution in [3.05, 3.63) is 35.9 Å². The van der Waals surface area contributed by atoms with E-state index in [1.165, 1.54) is 44.3 Å². The Hall–Kier alpha value is -0.820. The minimum Gasteiger partial charge on any atom is -0.355 e. The number of rotatable bonds is 5. The first-order valence-electron chi connectivity index (χ1n) is 8.54. The van der Waals surface area contributed by atoms with Crippen molar-refractivity contribution in [3.8, 4) is 0 Å². The van der Waals surface area contributed by atoms with Gasteiger partial charge in [-0.15, -0.1) is 24.0 Å². The Labute approximate surface area is 158 Å². The number of guanidine groups is 1. The van der Waals surface area contributed by atoms with E-state index in [1.807, 2.05) is 13.1 Å². The zero-order valence-electron chi connectivity index (χ0n) is 14.4. The first-order chi connectivity index (χ1) is 10.8. The first-order valence-corrected chi connectivity index (χ1v) is 8.54. The standard InChI is InChI=1S/C18H30N4.HI/c1-16(17-10-6-5-7-11-17)21-18(19-2)20-12-15-22-13-8-3-4-9-14-22;/h5-7,10-11,16H,3-4,8-9,12-15H2,1-2H3,(H2,19,20,21);1H. The largest absolute Gasteiger partial charge is 0.355 e. The predicted molar refractivity (Wildman–Crippen MR) is 110 cm³/mol. The van der Waals surface area contributed by atoms with Gasteiger partial charge in [-0.1, -0.05) is 43.2 Å². The molecule has 1 aromatic carbocycles. The fraction of sp³-hybridized carbons (Fsp3) is 0.611. The van der Waals surface area contributed by atoms with Crippen LogP contribution in [0.25, 0.3) is 0 Å². The van der Waals surface area contributed by atoms with E-state index in [4.69, 9.17) is 0 Å². The van der Waals surface area contributed by atoms with Crippen molar-refractivity contribution in [1.82, 2.24) is 15.5 Å². The topological polar surface area (TPSA) is 39.7 Å². The lowest BCUT2D eigenvalue weighted by molar-refractivity contribution is 0.289. The fourth-order valence-corrected chi connectivity index (χ4v) is 2.92. The summed E-state index contributed by atoms with van der Waals surface area (Å²) >= 11 is 0. The fourth-order valence-electron chi connectivity index (χ4n) is 2.92. The van der Waals surface area contributed by atoms with Gasteiger partial charge < -0.3 is 15.5 Å². The minimum absolute atomic E-state index is 0. The zero-order chi connectivity index (χ0) is 15.6. The summed E-state index contributed by atoms with van der Waals surface area (Å²) in [5.41, 5.74) is 1.28. The lowest BCUT2D eigenvalue weighted by atomic mass is 10.1. The highest BCUT2D eigenvalue weighted by Gasteiger charge is 2.10. The summed E-state index contributed by atoms with van der Waals surface area (Å²) in [6.45, 7) is 6.70. The monoisotopic (exact) mass is 430 g/mol. The molecular weight excluding hydrogens is 399 g/mol. The molecule has 0 radical (unpaired) electrons. The summed E-state index contributed by atoms with van der Waals surface area (Å²) in [5.74, 6) is 0.881. The zero-order valence-corrected chi connectivity index (χ0v) is 16.8. The van der Waals surface area contributed by atoms with E-state index in [2.05, 4.69) is 51.7 Å². The number of aliphatic imine (C=N–C) groups is 1. The van der Waals surface area contributed by atoms with Gasteiger partial charge in [0.1, 0.15) is 0 Å². The van der Waals surface area contributed by atoms with Crippen LogP contribution in [0.1, 0.15) is 44.2 Å². The highest BCUT2D eigenvalue weighted by atomic mass is 127. The van der Waals surface area contributed by atoms with Crippen LogP contribution in [0.4, 0.5) is 0 Å². The van der Waals surface area contributed by atoms with Crippen molar-refractivity contribution in [2.75, 3.05) is 33.2 Å². The predicted octanol–water partition coefficient (Wildman–Crippen LogP) is 3.41. The average Bonchev–Trinajstić information content (AvgIpc) is 2.83. The van der Waals surface area contributed by atoms with Gasteiger partial charge in [0.05, 0.1) is 6.04 Å². The SMILES string of the molecule is CN=C(NCCN1CCCCCC1)NC(C)c1ccccc1.I. The number of halogens is 1. The van der Waals surface area contributed by atoms with Crippen LogP contribution in [0.15, 0.2) is 35.3 Å². The highest BCUT2D eigenvalue weighted by molar-refractivity contribution is 14.0. The summed E-state index contributed by atoms with van der Waals surface area (Å²) in [7, 11) is 1.83. The molecule has 1 heterocycles. The summed E-state index contributed by atoms with van der Waals surface area (Å²) in [4.78, 5) is 6.89. The maximum Gasteiger partial charge on any atom is 0.191 e. The van der Waals surface area contributed by atoms with Crippen molar-refractivity contribution in [3.63, 3.8) is 0 Å². The van der Waals surface area contributed by atoms with Gasteiger partial charge in [0.15, 0.2) is 5.96 Å². The molecule has 1 fully saturated rings. The number of hydrogen-bond acceptors (Lipinski definition) is 2. The molecule has 0 spiro atoms. The third kappa shape index (κ3) is 7.52. The Balaban J connectivity index is 0.00000264. The molecule has 1 aliphatic heterocycles. The molecule has 1 saturated heterocycles. The van der Waals surface area contributed by atoms with Gasteiger partial charge in [-0.2, -0.15) is 0 Å². The number of nitrogens with one attached hydrogen (secondary N) is 2. The third-order valence-electron chi connectivity index (χ3n) is 4.30. The second-order valence-corrected chi connectivity index (χ2v) is 6.03. The van der Waals surface area contributed by atoms with Crippen molar-refractivity contribution < 1.29 is 0 Å². The van der Waals surface area contributed by atoms with Crippen LogP contribution >= 0.6 is 24.0 Å². The van der Waals surface area contributed by atoms with Crippen LogP contribution in [0.2, 0.25) is 0 Å². The van der Waals surface area contributed by atoms with Crippen molar-refractivity contribution >= 4 is 29.9 Å². The van der Waals surface area contributed by atoms with Gasteiger partial charge in [0.2, 0.25) is 0 Å². The van der Waals surface area contributed by atoms with Crippen molar-refractivity contribution in [2.24, 2.45) is 4.99 Å². The maximum atomic E-state index is 4.33. The molecule has 5 heteroatoms. The molecule has 0 amide bonds. The van der Waals surface area contributed by atoms with E-state index in [0.29, 0.717) is 0 Å². The second kappa shape index (κ2) is 11.7. The Morgan fingerprint density at radius 3 is 2.39 bits per heavy atom. The average molecular weight is 430 g/mol. The molecule has 0 saturated carbocycles. The number of hydrogen-bond donors (Lipinski definition) is 2. The molecule has 0 aromatic heterocycles. The first kappa shape index (κ1) is 20.2. The molecule has 130 valence electrons. The molecule has 0 aliphatic carbocycles. The van der Waals surface area contributed by atoms with Crippen LogP contribution in [0, 0.1) is 0 Å². The molecule has 2 rings (SSSR count). The maximum absolute atomic E-state index is 4.33. The van der Waals surface area contributed by atoms with Crippen molar-refractivity contribution in [2.45, 2.75) is 38.6 Å². The Morgan fingerprint density at radius 1 is 1.13 bits per heavy atom. The third-order valence-corrected chi connectivity index (χ3v) is 4.30. The van der Waals surface area contributed by atoms with Crippen LogP contribution < -0.4 is 10.6 Å². The van der Waals surface area contributed by atoms with Crippen LogP contribution in [0.5, 0.6) is 0 Å². The molecule has 2 N–H and O–H groups in total. The summed E-state index contributed by atoms with van der Waals surface area (Å²) in [6, 6.07) is 10.7. The lowest BCUT2D eigenvalue weighted by Crippen LogP contribution is -2.42. The van der Waals surface area contributed by atoms with Crippen molar-refractivity contribution in [1.29, 1.82) is 0 Å². The minimum atomic E-state index is 0. The van der Waals surface area contributed by atoms with Gasteiger partial charge in [-0.25, -0.2) is 0 Å². The van der Waals surface area contributed by atoms with E-state index in [1.54, 1.807) is 0 Å². The van der Waals surface area contributed by atoms with E-state index in [-0.39, 0.29) is 30.0 Å². The Kier molecular flexibility index (Phi) is 10.3. The molecule has 1 unspecified atom stereocenters.